The molecule has 5 aromatic carbocycles. The summed E-state index contributed by atoms with van der Waals surface area (Å²) in [5.74, 6) is -1.57. The standard InChI is InChI=1S/C52H57N3O13/c1-58-49(56)45-41(61-31-36-19-8-3-9-20-36)42(62-32-37-21-10-4-11-22-37)48(65-35-40-27-16-7-17-28-40)52(68-45)66-44-43(63-33-38-23-12-5-13-24-38)47(64-34-39-25-14-6-15-26-39)51(60-30-18-29-54-55-53)67-46(44)50(57)59-2/h3-17,19-28,41-48,51-52H,18,29-35H2,1-2H3/t41-,42-,43-,44-,45-,46-,47-,48-,51+,52+/m0/s1. The summed E-state index contributed by atoms with van der Waals surface area (Å²) in [7, 11) is 2.49. The van der Waals surface area contributed by atoms with Crippen molar-refractivity contribution in [2.45, 2.75) is 101 Å². The van der Waals surface area contributed by atoms with Gasteiger partial charge in [-0.3, -0.25) is 0 Å². The molecule has 16 heteroatoms. The van der Waals surface area contributed by atoms with Crippen molar-refractivity contribution in [2.75, 3.05) is 27.4 Å². The van der Waals surface area contributed by atoms with Crippen molar-refractivity contribution in [3.05, 3.63) is 190 Å². The first-order valence-corrected chi connectivity index (χ1v) is 22.5. The van der Waals surface area contributed by atoms with Gasteiger partial charge < -0.3 is 52.1 Å². The van der Waals surface area contributed by atoms with Gasteiger partial charge in [-0.05, 0) is 39.8 Å². The summed E-state index contributed by atoms with van der Waals surface area (Å²) in [5.41, 5.74) is 13.1. The molecule has 2 aliphatic rings. The number of hydrogen-bond acceptors (Lipinski definition) is 14. The van der Waals surface area contributed by atoms with Crippen LogP contribution in [0, 0.1) is 0 Å². The fourth-order valence-corrected chi connectivity index (χ4v) is 7.91. The van der Waals surface area contributed by atoms with Crippen LogP contribution in [0.1, 0.15) is 34.2 Å². The van der Waals surface area contributed by atoms with E-state index in [1.807, 2.05) is 152 Å². The molecule has 2 heterocycles. The lowest BCUT2D eigenvalue weighted by Crippen LogP contribution is -2.67. The fourth-order valence-electron chi connectivity index (χ4n) is 7.91. The van der Waals surface area contributed by atoms with E-state index in [0.717, 1.165) is 27.8 Å². The van der Waals surface area contributed by atoms with Crippen molar-refractivity contribution in [1.82, 2.24) is 0 Å². The molecule has 68 heavy (non-hydrogen) atoms. The Morgan fingerprint density at radius 2 is 0.809 bits per heavy atom. The number of ether oxygens (including phenoxy) is 11. The maximum atomic E-state index is 14.1. The van der Waals surface area contributed by atoms with Gasteiger partial charge in [-0.1, -0.05) is 157 Å². The second-order valence-corrected chi connectivity index (χ2v) is 16.0. The molecule has 0 spiro atoms. The van der Waals surface area contributed by atoms with E-state index in [-0.39, 0.29) is 46.2 Å². The normalized spacial score (nSPS) is 24.6. The molecule has 7 rings (SSSR count). The molecule has 2 saturated heterocycles. The average molecular weight is 932 g/mol. The number of nitrogens with zero attached hydrogens (tertiary/aromatic N) is 3. The van der Waals surface area contributed by atoms with Gasteiger partial charge in [-0.2, -0.15) is 0 Å². The predicted molar refractivity (Wildman–Crippen MR) is 246 cm³/mol. The molecule has 5 aromatic rings. The Labute approximate surface area is 395 Å². The number of methoxy groups -OCH3 is 2. The van der Waals surface area contributed by atoms with Gasteiger partial charge in [-0.15, -0.1) is 0 Å². The number of benzene rings is 5. The summed E-state index contributed by atoms with van der Waals surface area (Å²) in [6.07, 6.45) is -12.1. The highest BCUT2D eigenvalue weighted by atomic mass is 16.8. The van der Waals surface area contributed by atoms with E-state index in [4.69, 9.17) is 57.6 Å². The molecule has 0 aromatic heterocycles. The molecule has 2 fully saturated rings. The molecule has 10 atom stereocenters. The van der Waals surface area contributed by atoms with Crippen LogP contribution in [0.4, 0.5) is 0 Å². The van der Waals surface area contributed by atoms with Crippen LogP contribution in [0.25, 0.3) is 10.4 Å². The summed E-state index contributed by atoms with van der Waals surface area (Å²) in [4.78, 5) is 30.9. The zero-order valence-corrected chi connectivity index (χ0v) is 38.0. The van der Waals surface area contributed by atoms with Gasteiger partial charge in [0.1, 0.15) is 36.6 Å². The second kappa shape index (κ2) is 26.5. The van der Waals surface area contributed by atoms with Gasteiger partial charge in [0.2, 0.25) is 0 Å². The molecule has 0 amide bonds. The molecular weight excluding hydrogens is 875 g/mol. The van der Waals surface area contributed by atoms with Crippen molar-refractivity contribution < 1.29 is 61.7 Å². The van der Waals surface area contributed by atoms with Gasteiger partial charge in [-0.25, -0.2) is 9.59 Å². The molecule has 0 bridgehead atoms. The second-order valence-electron chi connectivity index (χ2n) is 16.0. The van der Waals surface area contributed by atoms with Crippen molar-refractivity contribution in [2.24, 2.45) is 5.11 Å². The minimum Gasteiger partial charge on any atom is -0.467 e. The van der Waals surface area contributed by atoms with Crippen LogP contribution >= 0.6 is 0 Å². The largest absolute Gasteiger partial charge is 0.467 e. The highest BCUT2D eigenvalue weighted by Gasteiger charge is 2.57. The lowest BCUT2D eigenvalue weighted by Gasteiger charge is -2.49. The molecule has 358 valence electrons. The van der Waals surface area contributed by atoms with Gasteiger partial charge >= 0.3 is 11.9 Å². The highest BCUT2D eigenvalue weighted by molar-refractivity contribution is 5.76. The zero-order chi connectivity index (χ0) is 47.3. The molecule has 0 saturated carbocycles. The topological polar surface area (TPSA) is 184 Å². The van der Waals surface area contributed by atoms with E-state index >= 15 is 0 Å². The Bertz CT molecular complexity index is 2290. The van der Waals surface area contributed by atoms with Crippen molar-refractivity contribution in [3.63, 3.8) is 0 Å². The third kappa shape index (κ3) is 14.0. The molecule has 0 N–H and O–H groups in total. The number of rotatable bonds is 24. The summed E-state index contributed by atoms with van der Waals surface area (Å²) in [6.45, 7) is 0.633. The molecule has 0 radical (unpaired) electrons. The lowest BCUT2D eigenvalue weighted by atomic mass is 9.95. The first kappa shape index (κ1) is 49.9. The minimum atomic E-state index is -1.51. The minimum absolute atomic E-state index is 0.0521. The zero-order valence-electron chi connectivity index (χ0n) is 38.0. The number of esters is 2. The van der Waals surface area contributed by atoms with Gasteiger partial charge in [0.15, 0.2) is 24.8 Å². The first-order chi connectivity index (χ1) is 33.4. The third-order valence-corrected chi connectivity index (χ3v) is 11.3. The molecular formula is C52H57N3O13. The van der Waals surface area contributed by atoms with Crippen molar-refractivity contribution >= 4 is 11.9 Å². The highest BCUT2D eigenvalue weighted by Crippen LogP contribution is 2.37. The number of carbonyl (C=O) groups is 2. The molecule has 2 aliphatic heterocycles. The predicted octanol–water partition coefficient (Wildman–Crippen LogP) is 7.81. The third-order valence-electron chi connectivity index (χ3n) is 11.3. The van der Waals surface area contributed by atoms with Crippen LogP contribution in [0.2, 0.25) is 0 Å². The number of carbonyl (C=O) groups excluding carboxylic acids is 2. The van der Waals surface area contributed by atoms with E-state index in [0.29, 0.717) is 6.42 Å². The van der Waals surface area contributed by atoms with Crippen LogP contribution in [0.3, 0.4) is 0 Å². The van der Waals surface area contributed by atoms with E-state index in [1.54, 1.807) is 0 Å². The number of azide groups is 1. The maximum absolute atomic E-state index is 14.1. The number of hydrogen-bond donors (Lipinski definition) is 0. The average Bonchev–Trinajstić information content (AvgIpc) is 3.39. The Morgan fingerprint density at radius 3 is 1.21 bits per heavy atom. The Hall–Kier alpha value is -6.01. The molecule has 0 aliphatic carbocycles. The van der Waals surface area contributed by atoms with Crippen LogP contribution in [0.15, 0.2) is 157 Å². The lowest BCUT2D eigenvalue weighted by molar-refractivity contribution is -0.368. The van der Waals surface area contributed by atoms with E-state index in [1.165, 1.54) is 14.2 Å². The summed E-state index contributed by atoms with van der Waals surface area (Å²) in [6, 6.07) is 47.5. The maximum Gasteiger partial charge on any atom is 0.337 e. The first-order valence-electron chi connectivity index (χ1n) is 22.5. The van der Waals surface area contributed by atoms with Crippen LogP contribution in [0.5, 0.6) is 0 Å². The monoisotopic (exact) mass is 931 g/mol. The van der Waals surface area contributed by atoms with E-state index < -0.39 is 73.4 Å². The van der Waals surface area contributed by atoms with Gasteiger partial charge in [0.25, 0.3) is 0 Å². The summed E-state index contributed by atoms with van der Waals surface area (Å²) < 4.78 is 70.9. The molecule has 0 unspecified atom stereocenters. The van der Waals surface area contributed by atoms with Crippen molar-refractivity contribution in [3.8, 4) is 0 Å². The van der Waals surface area contributed by atoms with E-state index in [9.17, 15) is 9.59 Å². The van der Waals surface area contributed by atoms with Crippen LogP contribution in [-0.2, 0) is 94.7 Å². The van der Waals surface area contributed by atoms with Crippen LogP contribution < -0.4 is 0 Å². The quantitative estimate of drug-likeness (QED) is 0.0192. The smallest absolute Gasteiger partial charge is 0.337 e. The summed E-state index contributed by atoms with van der Waals surface area (Å²) in [5, 5.41) is 3.63. The fraction of sp³-hybridized carbons (Fsp3) is 0.385. The molecule has 16 nitrogen and oxygen atoms in total. The van der Waals surface area contributed by atoms with Gasteiger partial charge in [0.05, 0.1) is 47.3 Å². The van der Waals surface area contributed by atoms with Gasteiger partial charge in [0, 0.05) is 18.1 Å². The van der Waals surface area contributed by atoms with E-state index in [2.05, 4.69) is 10.0 Å². The summed E-state index contributed by atoms with van der Waals surface area (Å²) >= 11 is 0. The Morgan fingerprint density at radius 1 is 0.471 bits per heavy atom. The Kier molecular flexibility index (Phi) is 19.4. The van der Waals surface area contributed by atoms with Crippen molar-refractivity contribution in [1.29, 1.82) is 0 Å². The SMILES string of the molecule is COC(=O)[C@H]1O[C@@H](O[C@H]2[C@H](OCc3ccccc3)[C@H](OCc3ccccc3)[C@H](OCCCN=[N+]=[N-])O[C@@H]2C(=O)OC)[C@@H](OCc2ccccc2)[C@@H](OCc2ccccc2)[C@@H]1OCc1ccccc1. The van der Waals surface area contributed by atoms with Crippen LogP contribution in [-0.4, -0.2) is 101 Å². The Balaban J connectivity index is 1.31.